The smallest absolute Gasteiger partial charge is 0.228 e. The number of carboxylic acids is 1. The van der Waals surface area contributed by atoms with E-state index in [0.717, 1.165) is 6.40 Å². The summed E-state index contributed by atoms with van der Waals surface area (Å²) in [7, 11) is 0. The average Bonchev–Trinajstić information content (AvgIpc) is 2.53. The minimum absolute atomic E-state index is 0.173. The van der Waals surface area contributed by atoms with E-state index in [-0.39, 0.29) is 5.82 Å². The first-order valence-electron chi connectivity index (χ1n) is 3.43. The Labute approximate surface area is 73.0 Å². The molecule has 70 valence electrons. The van der Waals surface area contributed by atoms with Gasteiger partial charge in [-0.3, -0.25) is 0 Å². The second-order valence-electron chi connectivity index (χ2n) is 1.91. The average molecular weight is 184 g/mol. The van der Waals surface area contributed by atoms with E-state index in [1.54, 1.807) is 6.92 Å². The number of aromatic nitrogens is 2. The van der Waals surface area contributed by atoms with Crippen LogP contribution in [0.2, 0.25) is 0 Å². The van der Waals surface area contributed by atoms with E-state index in [9.17, 15) is 9.90 Å². The van der Waals surface area contributed by atoms with Crippen LogP contribution in [-0.4, -0.2) is 29.3 Å². The summed E-state index contributed by atoms with van der Waals surface area (Å²) in [5.74, 6) is -1.67. The van der Waals surface area contributed by atoms with E-state index in [4.69, 9.17) is 4.74 Å². The molecular weight excluding hydrogens is 178 g/mol. The molecule has 0 fully saturated rings. The number of carboxylic acid groups (broad SMARTS) is 1. The van der Waals surface area contributed by atoms with Gasteiger partial charge in [-0.1, -0.05) is 0 Å². The van der Waals surface area contributed by atoms with Crippen LogP contribution in [0.25, 0.3) is 0 Å². The van der Waals surface area contributed by atoms with Crippen LogP contribution < -0.4 is 5.11 Å². The summed E-state index contributed by atoms with van der Waals surface area (Å²) in [6.07, 6.45) is 1.06. The van der Waals surface area contributed by atoms with Gasteiger partial charge < -0.3 is 14.6 Å². The van der Waals surface area contributed by atoms with E-state index in [1.165, 1.54) is 0 Å². The highest BCUT2D eigenvalue weighted by molar-refractivity contribution is 5.88. The van der Waals surface area contributed by atoms with Crippen LogP contribution in [0, 0.1) is 0 Å². The highest BCUT2D eigenvalue weighted by Gasteiger charge is 2.08. The Bertz CT molecular complexity index is 319. The van der Waals surface area contributed by atoms with E-state index in [0.29, 0.717) is 6.61 Å². The number of nitrogens with zero attached hydrogens (tertiary/aromatic N) is 3. The molecule has 0 aliphatic rings. The van der Waals surface area contributed by atoms with Gasteiger partial charge in [-0.2, -0.15) is 4.99 Å². The van der Waals surface area contributed by atoms with Crippen LogP contribution in [0.5, 0.6) is 0 Å². The number of carbonyl (C=O) groups excluding carboxylic acids is 1. The molecule has 0 spiro atoms. The van der Waals surface area contributed by atoms with Gasteiger partial charge in [-0.05, 0) is 17.2 Å². The SMILES string of the molecule is CCOC=Nc1nonc1C(=O)[O-]. The molecule has 1 aromatic heterocycles. The summed E-state index contributed by atoms with van der Waals surface area (Å²) in [5, 5.41) is 16.6. The lowest BCUT2D eigenvalue weighted by Gasteiger charge is -1.93. The zero-order valence-electron chi connectivity index (χ0n) is 6.76. The fourth-order valence-electron chi connectivity index (χ4n) is 0.559. The molecule has 0 radical (unpaired) electrons. The maximum absolute atomic E-state index is 10.3. The largest absolute Gasteiger partial charge is 0.543 e. The Balaban J connectivity index is 2.76. The second-order valence-corrected chi connectivity index (χ2v) is 1.91. The lowest BCUT2D eigenvalue weighted by atomic mass is 10.4. The minimum atomic E-state index is -1.50. The molecule has 0 N–H and O–H groups in total. The molecule has 0 unspecified atom stereocenters. The number of hydrogen-bond acceptors (Lipinski definition) is 7. The van der Waals surface area contributed by atoms with E-state index >= 15 is 0 Å². The van der Waals surface area contributed by atoms with Gasteiger partial charge in [0, 0.05) is 0 Å². The maximum atomic E-state index is 10.3. The van der Waals surface area contributed by atoms with Crippen molar-refractivity contribution >= 4 is 18.2 Å². The van der Waals surface area contributed by atoms with E-state index < -0.39 is 11.7 Å². The van der Waals surface area contributed by atoms with Crippen LogP contribution in [0.3, 0.4) is 0 Å². The molecule has 0 aliphatic carbocycles. The summed E-state index contributed by atoms with van der Waals surface area (Å²) < 4.78 is 8.87. The van der Waals surface area contributed by atoms with Crippen LogP contribution in [0.1, 0.15) is 17.4 Å². The Kier molecular flexibility index (Phi) is 2.96. The Morgan fingerprint density at radius 3 is 3.15 bits per heavy atom. The molecule has 7 heteroatoms. The number of hydrogen-bond donors (Lipinski definition) is 0. The summed E-state index contributed by atoms with van der Waals surface area (Å²) in [6, 6.07) is 0. The monoisotopic (exact) mass is 184 g/mol. The number of aliphatic imine (C=N–C) groups is 1. The van der Waals surface area contributed by atoms with Gasteiger partial charge in [-0.25, -0.2) is 4.63 Å². The molecule has 1 rings (SSSR count). The highest BCUT2D eigenvalue weighted by Crippen LogP contribution is 2.11. The fourth-order valence-corrected chi connectivity index (χ4v) is 0.559. The van der Waals surface area contributed by atoms with Crippen molar-refractivity contribution in [2.45, 2.75) is 6.92 Å². The molecule has 13 heavy (non-hydrogen) atoms. The van der Waals surface area contributed by atoms with Crippen molar-refractivity contribution in [2.75, 3.05) is 6.61 Å². The van der Waals surface area contributed by atoms with Crippen molar-refractivity contribution in [3.63, 3.8) is 0 Å². The van der Waals surface area contributed by atoms with Crippen molar-refractivity contribution in [2.24, 2.45) is 4.99 Å². The predicted molar refractivity (Wildman–Crippen MR) is 38.4 cm³/mol. The molecule has 1 aromatic rings. The normalized spacial score (nSPS) is 10.5. The molecule has 0 saturated heterocycles. The van der Waals surface area contributed by atoms with Crippen LogP contribution in [0.4, 0.5) is 5.82 Å². The number of rotatable bonds is 4. The summed E-state index contributed by atoms with van der Waals surface area (Å²) in [4.78, 5) is 13.9. The van der Waals surface area contributed by atoms with Gasteiger partial charge in [0.2, 0.25) is 5.82 Å². The first kappa shape index (κ1) is 9.17. The summed E-state index contributed by atoms with van der Waals surface area (Å²) >= 11 is 0. The lowest BCUT2D eigenvalue weighted by Crippen LogP contribution is -2.22. The predicted octanol–water partition coefficient (Wildman–Crippen LogP) is -0.871. The van der Waals surface area contributed by atoms with Crippen molar-refractivity contribution < 1.29 is 19.3 Å². The van der Waals surface area contributed by atoms with Crippen LogP contribution in [0.15, 0.2) is 9.62 Å². The van der Waals surface area contributed by atoms with Gasteiger partial charge in [0.15, 0.2) is 12.1 Å². The molecule has 1 heterocycles. The standard InChI is InChI=1S/C6H7N3O4/c1-2-12-3-7-5-4(6(10)11)8-13-9-5/h3H,2H2,1H3,(H,10,11)/p-1. The molecule has 0 bridgehead atoms. The van der Waals surface area contributed by atoms with Gasteiger partial charge in [-0.15, -0.1) is 0 Å². The molecule has 0 saturated carbocycles. The van der Waals surface area contributed by atoms with Gasteiger partial charge >= 0.3 is 0 Å². The second kappa shape index (κ2) is 4.19. The summed E-state index contributed by atoms with van der Waals surface area (Å²) in [5.41, 5.74) is -0.448. The van der Waals surface area contributed by atoms with Crippen molar-refractivity contribution in [1.29, 1.82) is 0 Å². The summed E-state index contributed by atoms with van der Waals surface area (Å²) in [6.45, 7) is 2.18. The van der Waals surface area contributed by atoms with Crippen molar-refractivity contribution in [1.82, 2.24) is 10.3 Å². The van der Waals surface area contributed by atoms with Gasteiger partial charge in [0.1, 0.15) is 0 Å². The zero-order valence-corrected chi connectivity index (χ0v) is 6.76. The van der Waals surface area contributed by atoms with Crippen LogP contribution >= 0.6 is 0 Å². The Hall–Kier alpha value is -1.92. The van der Waals surface area contributed by atoms with E-state index in [1.807, 2.05) is 0 Å². The third kappa shape index (κ3) is 2.26. The number of ether oxygens (including phenoxy) is 1. The van der Waals surface area contributed by atoms with Crippen molar-refractivity contribution in [3.05, 3.63) is 5.69 Å². The highest BCUT2D eigenvalue weighted by atomic mass is 16.6. The molecule has 0 atom stereocenters. The minimum Gasteiger partial charge on any atom is -0.543 e. The number of aromatic carboxylic acids is 1. The van der Waals surface area contributed by atoms with Gasteiger partial charge in [0.25, 0.3) is 0 Å². The third-order valence-corrected chi connectivity index (χ3v) is 1.08. The Morgan fingerprint density at radius 1 is 1.77 bits per heavy atom. The maximum Gasteiger partial charge on any atom is 0.228 e. The Morgan fingerprint density at radius 2 is 2.54 bits per heavy atom. The lowest BCUT2D eigenvalue weighted by molar-refractivity contribution is -0.255. The van der Waals surface area contributed by atoms with Crippen molar-refractivity contribution in [3.8, 4) is 0 Å². The molecule has 0 aliphatic heterocycles. The first-order valence-corrected chi connectivity index (χ1v) is 3.43. The number of carbonyl (C=O) groups is 1. The zero-order chi connectivity index (χ0) is 9.68. The topological polar surface area (TPSA) is 101 Å². The van der Waals surface area contributed by atoms with Gasteiger partial charge in [0.05, 0.1) is 12.6 Å². The van der Waals surface area contributed by atoms with Crippen LogP contribution in [-0.2, 0) is 4.74 Å². The first-order chi connectivity index (χ1) is 6.25. The fraction of sp³-hybridized carbons (Fsp3) is 0.333. The quantitative estimate of drug-likeness (QED) is 0.445. The molecule has 7 nitrogen and oxygen atoms in total. The van der Waals surface area contributed by atoms with E-state index in [2.05, 4.69) is 19.9 Å². The third-order valence-electron chi connectivity index (χ3n) is 1.08. The molecule has 0 amide bonds. The molecular formula is C6H6N3O4-. The molecule has 0 aromatic carbocycles.